The quantitative estimate of drug-likeness (QED) is 0.0847. The van der Waals surface area contributed by atoms with Crippen molar-refractivity contribution >= 4 is 17.8 Å². The summed E-state index contributed by atoms with van der Waals surface area (Å²) in [4.78, 5) is 0. The highest BCUT2D eigenvalue weighted by Crippen LogP contribution is 2.78. The van der Waals surface area contributed by atoms with Gasteiger partial charge in [-0.25, -0.2) is 22.5 Å². The Balaban J connectivity index is 0.000000130. The highest BCUT2D eigenvalue weighted by Gasteiger charge is 2.76. The number of hydrogen-bond donors (Lipinski definition) is 3. The molecule has 4 spiro atoms. The van der Waals surface area contributed by atoms with Gasteiger partial charge in [0.25, 0.3) is 0 Å². The number of fused-ring (bicyclic) bond motifs is 16. The minimum absolute atomic E-state index is 0.00238. The molecule has 8 aliphatic carbocycles. The molecule has 6 heterocycles. The zero-order chi connectivity index (χ0) is 60.6. The van der Waals surface area contributed by atoms with Crippen molar-refractivity contribution in [3.8, 4) is 11.4 Å². The molecule has 5 aromatic rings. The van der Waals surface area contributed by atoms with Crippen molar-refractivity contribution in [3.05, 3.63) is 136 Å². The Hall–Kier alpha value is -5.17. The maximum atomic E-state index is 13.6. The van der Waals surface area contributed by atoms with E-state index in [1.165, 1.54) is 90.8 Å². The number of methoxy groups -OCH3 is 1. The molecule has 3 aromatic carbocycles. The molecular weight excluding hydrogens is 1120 g/mol. The van der Waals surface area contributed by atoms with E-state index in [-0.39, 0.29) is 78.9 Å². The number of anilines is 1. The van der Waals surface area contributed by atoms with Gasteiger partial charge in [0.1, 0.15) is 24.2 Å². The molecule has 4 saturated heterocycles. The molecule has 12 aliphatic rings. The van der Waals surface area contributed by atoms with E-state index < -0.39 is 0 Å². The van der Waals surface area contributed by atoms with Crippen LogP contribution in [0.3, 0.4) is 0 Å². The summed E-state index contributed by atoms with van der Waals surface area (Å²) < 4.78 is 80.4. The van der Waals surface area contributed by atoms with Crippen molar-refractivity contribution in [1.29, 1.82) is 0 Å². The van der Waals surface area contributed by atoms with Gasteiger partial charge in [0, 0.05) is 47.7 Å². The first-order valence-corrected chi connectivity index (χ1v) is 32.9. The number of aromatic nitrogens is 4. The molecular formula is C72H89F3N6O7. The van der Waals surface area contributed by atoms with Crippen molar-refractivity contribution in [2.24, 2.45) is 84.7 Å². The number of rotatable bonds is 6. The number of hydrazine groups is 1. The summed E-state index contributed by atoms with van der Waals surface area (Å²) in [5.41, 5.74) is 13.3. The van der Waals surface area contributed by atoms with Gasteiger partial charge in [0.15, 0.2) is 0 Å². The monoisotopic (exact) mass is 1210 g/mol. The Morgan fingerprint density at radius 1 is 0.591 bits per heavy atom. The van der Waals surface area contributed by atoms with E-state index in [1.807, 2.05) is 33.9 Å². The predicted octanol–water partition coefficient (Wildman–Crippen LogP) is 12.9. The molecule has 17 rings (SSSR count). The number of aliphatic hydroxyl groups excluding tert-OH is 1. The Bertz CT molecular complexity index is 3480. The van der Waals surface area contributed by atoms with Crippen LogP contribution in [0.5, 0.6) is 0 Å². The van der Waals surface area contributed by atoms with Gasteiger partial charge in [0.2, 0.25) is 0 Å². The van der Waals surface area contributed by atoms with Crippen LogP contribution in [0.2, 0.25) is 0 Å². The lowest BCUT2D eigenvalue weighted by Gasteiger charge is -2.63. The zero-order valence-electron chi connectivity index (χ0n) is 52.0. The van der Waals surface area contributed by atoms with Crippen LogP contribution in [0.1, 0.15) is 127 Å². The van der Waals surface area contributed by atoms with E-state index in [9.17, 15) is 18.3 Å². The van der Waals surface area contributed by atoms with Gasteiger partial charge in [-0.2, -0.15) is 10.2 Å². The fourth-order valence-electron chi connectivity index (χ4n) is 22.8. The van der Waals surface area contributed by atoms with Crippen molar-refractivity contribution in [2.75, 3.05) is 72.2 Å². The Labute approximate surface area is 516 Å². The molecule has 10 fully saturated rings. The van der Waals surface area contributed by atoms with Crippen LogP contribution < -0.4 is 11.3 Å². The largest absolute Gasteiger partial charge is 0.393 e. The second-order valence-electron chi connectivity index (χ2n) is 30.1. The molecule has 4 N–H and O–H groups in total. The Kier molecular flexibility index (Phi) is 14.6. The summed E-state index contributed by atoms with van der Waals surface area (Å²) >= 11 is 0. The molecule has 0 bridgehead atoms. The second-order valence-corrected chi connectivity index (χ2v) is 30.1. The number of nitrogens with one attached hydrogen (secondary N) is 1. The number of halogens is 3. The van der Waals surface area contributed by atoms with E-state index in [4.69, 9.17) is 44.5 Å². The van der Waals surface area contributed by atoms with Gasteiger partial charge in [-0.1, -0.05) is 38.8 Å². The number of ether oxygens (including phenoxy) is 6. The summed E-state index contributed by atoms with van der Waals surface area (Å²) in [6.07, 6.45) is 24.1. The average molecular weight is 1210 g/mol. The molecule has 0 amide bonds. The second kappa shape index (κ2) is 21.7. The molecule has 470 valence electrons. The smallest absolute Gasteiger partial charge is 0.146 e. The molecule has 16 atom stereocenters. The van der Waals surface area contributed by atoms with Crippen molar-refractivity contribution in [2.45, 2.75) is 130 Å². The number of nitrogens with zero attached hydrogens (tertiary/aromatic N) is 4. The van der Waals surface area contributed by atoms with Gasteiger partial charge in [0.05, 0.1) is 87.0 Å². The van der Waals surface area contributed by atoms with Crippen LogP contribution in [0.25, 0.3) is 23.5 Å². The van der Waals surface area contributed by atoms with Gasteiger partial charge < -0.3 is 39.0 Å². The lowest BCUT2D eigenvalue weighted by atomic mass is 9.42. The fraction of sp³-hybridized carbons (Fsp3) is 0.611. The molecule has 88 heavy (non-hydrogen) atoms. The van der Waals surface area contributed by atoms with Crippen molar-refractivity contribution in [1.82, 2.24) is 19.6 Å². The van der Waals surface area contributed by atoms with E-state index in [0.717, 1.165) is 133 Å². The number of nitrogen functional groups attached to an aromatic ring is 1. The molecule has 4 aliphatic heterocycles. The van der Waals surface area contributed by atoms with Gasteiger partial charge in [-0.15, -0.1) is 0 Å². The summed E-state index contributed by atoms with van der Waals surface area (Å²) in [5.74, 6) is 7.41. The Morgan fingerprint density at radius 2 is 1.05 bits per heavy atom. The zero-order valence-corrected chi connectivity index (χ0v) is 52.0. The van der Waals surface area contributed by atoms with Crippen LogP contribution in [-0.2, 0) is 41.3 Å². The maximum Gasteiger partial charge on any atom is 0.146 e. The molecule has 16 heteroatoms. The standard InChI is InChI=1S/C34H43FN2O4.C32H39FN2O3.C6H7FN2/c1-31-15-22-17-36-37(25-7-5-24(35)6-8-25)28(22)14-23(31)4-9-26-27-10-11-34(20-40-19-33(34)12-13-39-18-33)32(27,2)16-29(30(26)31)41-21-38-3;1-29-14-20-16-34-35(23-6-4-22(33)5-7-23)26(20)13-21(29)3-8-24-25-9-10-32(30(25,2)15-27(36)28(24)29)19-38-18-31(32)11-12-37-17-31;7-5-1-3-6(9-8)4-2-5/h5-8,14,17,26-27,29-30H,4,9-13,15-16,18-21H2,1-3H3;4-7,13,16,24-25,27-28,36H,3,8-12,14-15,17-19H2,1-2H3;1-4,9H,8H2/t26?,27?,29-,30?,31-,32-,33?,34+;24?,25?,27-,28?,29-,30-,31?,32+;/m00./s1. The summed E-state index contributed by atoms with van der Waals surface area (Å²) in [5, 5.41) is 21.6. The van der Waals surface area contributed by atoms with E-state index in [0.29, 0.717) is 42.1 Å². The summed E-state index contributed by atoms with van der Waals surface area (Å²) in [7, 11) is 1.74. The number of allylic oxidation sites excluding steroid dienone is 2. The number of nitrogens with two attached hydrogens (primary N) is 1. The molecule has 8 unspecified atom stereocenters. The highest BCUT2D eigenvalue weighted by atomic mass is 19.1. The van der Waals surface area contributed by atoms with E-state index >= 15 is 0 Å². The topological polar surface area (TPSA) is 149 Å². The van der Waals surface area contributed by atoms with Crippen LogP contribution in [0, 0.1) is 96.3 Å². The van der Waals surface area contributed by atoms with Crippen LogP contribution in [-0.4, -0.2) is 104 Å². The third-order valence-corrected chi connectivity index (χ3v) is 26.8. The van der Waals surface area contributed by atoms with Crippen LogP contribution in [0.4, 0.5) is 18.9 Å². The first kappa shape index (κ1) is 59.2. The summed E-state index contributed by atoms with van der Waals surface area (Å²) in [6.45, 7) is 17.1. The third kappa shape index (κ3) is 8.59. The average Bonchev–Trinajstić information content (AvgIpc) is 1.55. The molecule has 2 aromatic heterocycles. The third-order valence-electron chi connectivity index (χ3n) is 26.8. The van der Waals surface area contributed by atoms with Gasteiger partial charge in [-0.05, 0) is 243 Å². The Morgan fingerprint density at radius 3 is 1.51 bits per heavy atom. The summed E-state index contributed by atoms with van der Waals surface area (Å²) in [6, 6.07) is 19.0. The molecule has 6 saturated carbocycles. The van der Waals surface area contributed by atoms with Gasteiger partial charge in [-0.3, -0.25) is 5.84 Å². The van der Waals surface area contributed by atoms with E-state index in [2.05, 4.69) is 45.3 Å². The first-order chi connectivity index (χ1) is 42.5. The van der Waals surface area contributed by atoms with Crippen molar-refractivity contribution < 1.29 is 46.7 Å². The predicted molar refractivity (Wildman–Crippen MR) is 329 cm³/mol. The lowest BCUT2D eigenvalue weighted by Crippen LogP contribution is -2.61. The first-order valence-electron chi connectivity index (χ1n) is 32.9. The molecule has 0 radical (unpaired) electrons. The SMILES string of the molecule is COCO[C@H]1C[C@@]2(C)C(CC[C@@]23COCC32CCOC2)C2CCC3=Cc4c(cnn4-c4ccc(F)cc4)C[C@]3(C)C21.C[C@]12Cc3cnn(-c4ccc(F)cc4)c3C=C1CCC1C2[C@@H](O)C[C@@]2(C)C1CC[C@@]21COCC12CCOC2.NNc1ccc(F)cc1. The lowest BCUT2D eigenvalue weighted by molar-refractivity contribution is -0.201. The molecule has 13 nitrogen and oxygen atoms in total. The van der Waals surface area contributed by atoms with E-state index in [1.54, 1.807) is 31.4 Å². The normalized spacial score (nSPS) is 40.3. The number of hydrogen-bond acceptors (Lipinski definition) is 11. The van der Waals surface area contributed by atoms with Crippen LogP contribution >= 0.6 is 0 Å². The minimum atomic E-state index is -0.321. The number of aliphatic hydroxyl groups is 1. The van der Waals surface area contributed by atoms with Crippen LogP contribution in [0.15, 0.2) is 96.3 Å². The maximum absolute atomic E-state index is 13.6. The fourth-order valence-corrected chi connectivity index (χ4v) is 22.8. The van der Waals surface area contributed by atoms with Crippen molar-refractivity contribution in [3.63, 3.8) is 0 Å². The minimum Gasteiger partial charge on any atom is -0.393 e. The van der Waals surface area contributed by atoms with Gasteiger partial charge >= 0.3 is 0 Å². The highest BCUT2D eigenvalue weighted by molar-refractivity contribution is 5.63. The number of benzene rings is 3.